The lowest BCUT2D eigenvalue weighted by Crippen LogP contribution is -2.45. The second-order valence-corrected chi connectivity index (χ2v) is 8.66. The van der Waals surface area contributed by atoms with E-state index in [1.165, 1.54) is 50.9 Å². The summed E-state index contributed by atoms with van der Waals surface area (Å²) in [5, 5.41) is 3.65. The predicted molar refractivity (Wildman–Crippen MR) is 104 cm³/mol. The molecule has 1 aromatic rings. The third-order valence-electron chi connectivity index (χ3n) is 7.00. The van der Waals surface area contributed by atoms with Crippen molar-refractivity contribution < 1.29 is 9.53 Å². The van der Waals surface area contributed by atoms with Crippen LogP contribution in [0.5, 0.6) is 0 Å². The molecule has 26 heavy (non-hydrogen) atoms. The van der Waals surface area contributed by atoms with Gasteiger partial charge in [-0.25, -0.2) is 4.79 Å². The molecule has 4 aliphatic carbocycles. The molecule has 1 aromatic carbocycles. The number of methoxy groups -OCH3 is 1. The van der Waals surface area contributed by atoms with Gasteiger partial charge in [-0.3, -0.25) is 0 Å². The largest absolute Gasteiger partial charge is 0.466 e. The number of carbonyl (C=O) groups is 1. The number of hydrogen-bond acceptors (Lipinski definition) is 3. The van der Waals surface area contributed by atoms with E-state index in [2.05, 4.69) is 22.2 Å². The minimum atomic E-state index is -0.319. The van der Waals surface area contributed by atoms with Crippen molar-refractivity contribution in [3.05, 3.63) is 41.5 Å². The Labute approximate surface area is 157 Å². The fourth-order valence-corrected chi connectivity index (χ4v) is 5.99. The molecule has 4 bridgehead atoms. The number of rotatable bonds is 7. The monoisotopic (exact) mass is 353 g/mol. The zero-order chi connectivity index (χ0) is 17.9. The smallest absolute Gasteiger partial charge is 0.330 e. The van der Waals surface area contributed by atoms with E-state index in [9.17, 15) is 4.79 Å². The molecule has 0 aromatic heterocycles. The molecule has 4 saturated carbocycles. The molecule has 0 atom stereocenters. The van der Waals surface area contributed by atoms with Crippen LogP contribution >= 0.6 is 0 Å². The third-order valence-corrected chi connectivity index (χ3v) is 7.00. The Hall–Kier alpha value is -1.61. The number of carbonyl (C=O) groups excluding carboxylic acids is 1. The van der Waals surface area contributed by atoms with E-state index in [4.69, 9.17) is 0 Å². The summed E-state index contributed by atoms with van der Waals surface area (Å²) >= 11 is 0. The molecule has 3 nitrogen and oxygen atoms in total. The fraction of sp³-hybridized carbons (Fsp3) is 0.609. The van der Waals surface area contributed by atoms with Gasteiger partial charge in [-0.05, 0) is 91.9 Å². The van der Waals surface area contributed by atoms with E-state index in [-0.39, 0.29) is 5.97 Å². The summed E-state index contributed by atoms with van der Waals surface area (Å²) in [7, 11) is 1.39. The maximum absolute atomic E-state index is 11.1. The zero-order valence-corrected chi connectivity index (χ0v) is 15.8. The molecule has 4 aliphatic rings. The minimum Gasteiger partial charge on any atom is -0.466 e. The van der Waals surface area contributed by atoms with Crippen molar-refractivity contribution in [3.63, 3.8) is 0 Å². The summed E-state index contributed by atoms with van der Waals surface area (Å²) in [5.41, 5.74) is 2.32. The molecule has 140 valence electrons. The summed E-state index contributed by atoms with van der Waals surface area (Å²) in [4.78, 5) is 11.1. The molecule has 0 heterocycles. The van der Waals surface area contributed by atoms with E-state index in [0.29, 0.717) is 0 Å². The Bertz CT molecular complexity index is 621. The maximum atomic E-state index is 11.1. The van der Waals surface area contributed by atoms with Crippen molar-refractivity contribution in [3.8, 4) is 0 Å². The van der Waals surface area contributed by atoms with Crippen LogP contribution in [0, 0.1) is 29.6 Å². The molecule has 0 saturated heterocycles. The molecule has 1 N–H and O–H groups in total. The van der Waals surface area contributed by atoms with Gasteiger partial charge in [0.15, 0.2) is 0 Å². The van der Waals surface area contributed by atoms with Crippen LogP contribution in [0.1, 0.15) is 49.7 Å². The van der Waals surface area contributed by atoms with Crippen LogP contribution in [0.25, 0.3) is 6.08 Å². The lowest BCUT2D eigenvalue weighted by molar-refractivity contribution is -0.134. The molecule has 5 rings (SSSR count). The maximum Gasteiger partial charge on any atom is 0.330 e. The number of nitrogens with one attached hydrogen (secondary N) is 1. The van der Waals surface area contributed by atoms with Gasteiger partial charge in [-0.2, -0.15) is 0 Å². The van der Waals surface area contributed by atoms with Crippen LogP contribution in [0.15, 0.2) is 30.3 Å². The highest BCUT2D eigenvalue weighted by molar-refractivity contribution is 5.86. The quantitative estimate of drug-likeness (QED) is 0.448. The summed E-state index contributed by atoms with van der Waals surface area (Å²) in [6.45, 7) is 2.06. The minimum absolute atomic E-state index is 0.319. The number of hydrogen-bond donors (Lipinski definition) is 1. The topological polar surface area (TPSA) is 38.3 Å². The van der Waals surface area contributed by atoms with Gasteiger partial charge in [0.1, 0.15) is 0 Å². The first-order valence-corrected chi connectivity index (χ1v) is 10.3. The molecule has 0 unspecified atom stereocenters. The van der Waals surface area contributed by atoms with Crippen molar-refractivity contribution in [1.82, 2.24) is 5.32 Å². The first-order valence-electron chi connectivity index (χ1n) is 10.3. The number of ether oxygens (including phenoxy) is 1. The molecular formula is C23H31NO2. The van der Waals surface area contributed by atoms with E-state index < -0.39 is 0 Å². The Kier molecular flexibility index (Phi) is 5.44. The van der Waals surface area contributed by atoms with Gasteiger partial charge in [0.2, 0.25) is 0 Å². The second-order valence-electron chi connectivity index (χ2n) is 8.66. The average Bonchev–Trinajstić information content (AvgIpc) is 2.65. The van der Waals surface area contributed by atoms with Gasteiger partial charge >= 0.3 is 5.97 Å². The fourth-order valence-electron chi connectivity index (χ4n) is 5.99. The van der Waals surface area contributed by atoms with Gasteiger partial charge in [-0.15, -0.1) is 0 Å². The van der Waals surface area contributed by atoms with Gasteiger partial charge < -0.3 is 10.1 Å². The van der Waals surface area contributed by atoms with E-state index >= 15 is 0 Å². The van der Waals surface area contributed by atoms with Crippen LogP contribution in [0.4, 0.5) is 0 Å². The van der Waals surface area contributed by atoms with E-state index in [1.54, 1.807) is 12.5 Å². The molecule has 0 amide bonds. The number of esters is 1. The molecular weight excluding hydrogens is 322 g/mol. The summed E-state index contributed by atoms with van der Waals surface area (Å²) < 4.78 is 4.61. The summed E-state index contributed by atoms with van der Waals surface area (Å²) in [6.07, 6.45) is 12.2. The van der Waals surface area contributed by atoms with Crippen molar-refractivity contribution in [2.24, 2.45) is 29.6 Å². The SMILES string of the molecule is COC(=O)/C=C/c1ccc(CNCCC2C3CC4CC(C3)CC2C4)cc1. The highest BCUT2D eigenvalue weighted by atomic mass is 16.5. The Balaban J connectivity index is 1.20. The van der Waals surface area contributed by atoms with Crippen molar-refractivity contribution in [2.45, 2.75) is 45.1 Å². The number of benzene rings is 1. The first-order chi connectivity index (χ1) is 12.7. The lowest BCUT2D eigenvalue weighted by atomic mass is 9.51. The van der Waals surface area contributed by atoms with Crippen LogP contribution < -0.4 is 5.32 Å². The molecule has 0 radical (unpaired) electrons. The van der Waals surface area contributed by atoms with Crippen molar-refractivity contribution >= 4 is 12.0 Å². The second kappa shape index (κ2) is 7.96. The molecule has 0 aliphatic heterocycles. The standard InChI is InChI=1S/C23H31NO2/c1-26-23(25)7-6-16-2-4-17(5-3-16)15-24-9-8-22-20-11-18-10-19(13-20)14-21(22)12-18/h2-7,18-22,24H,8-15H2,1H3/b7-6+. The van der Waals surface area contributed by atoms with Gasteiger partial charge in [0.05, 0.1) is 7.11 Å². The highest BCUT2D eigenvalue weighted by Crippen LogP contribution is 2.57. The molecule has 3 heteroatoms. The Morgan fingerprint density at radius 2 is 1.73 bits per heavy atom. The van der Waals surface area contributed by atoms with Crippen molar-refractivity contribution in [1.29, 1.82) is 0 Å². The lowest BCUT2D eigenvalue weighted by Gasteiger charge is -2.54. The summed E-state index contributed by atoms with van der Waals surface area (Å²) in [6, 6.07) is 8.36. The molecule has 0 spiro atoms. The Morgan fingerprint density at radius 1 is 1.08 bits per heavy atom. The van der Waals surface area contributed by atoms with Crippen LogP contribution in [0.3, 0.4) is 0 Å². The third kappa shape index (κ3) is 4.03. The van der Waals surface area contributed by atoms with Gasteiger partial charge in [0.25, 0.3) is 0 Å². The van der Waals surface area contributed by atoms with Crippen molar-refractivity contribution in [2.75, 3.05) is 13.7 Å². The normalized spacial score (nSPS) is 32.3. The van der Waals surface area contributed by atoms with Crippen LogP contribution in [0.2, 0.25) is 0 Å². The Morgan fingerprint density at radius 3 is 2.35 bits per heavy atom. The molecule has 4 fully saturated rings. The highest BCUT2D eigenvalue weighted by Gasteiger charge is 2.47. The average molecular weight is 354 g/mol. The van der Waals surface area contributed by atoms with Gasteiger partial charge in [-0.1, -0.05) is 24.3 Å². The predicted octanol–water partition coefficient (Wildman–Crippen LogP) is 4.42. The summed E-state index contributed by atoms with van der Waals surface area (Å²) in [5.74, 6) is 4.89. The first kappa shape index (κ1) is 17.8. The van der Waals surface area contributed by atoms with Crippen LogP contribution in [-0.4, -0.2) is 19.6 Å². The van der Waals surface area contributed by atoms with E-state index in [0.717, 1.165) is 48.2 Å². The van der Waals surface area contributed by atoms with Crippen LogP contribution in [-0.2, 0) is 16.1 Å². The van der Waals surface area contributed by atoms with Gasteiger partial charge in [0, 0.05) is 12.6 Å². The zero-order valence-electron chi connectivity index (χ0n) is 15.8. The van der Waals surface area contributed by atoms with E-state index in [1.807, 2.05) is 12.1 Å².